The molecule has 1 saturated heterocycles. The van der Waals surface area contributed by atoms with Crippen LogP contribution in [0.1, 0.15) is 15.9 Å². The first-order chi connectivity index (χ1) is 13.0. The van der Waals surface area contributed by atoms with E-state index in [0.29, 0.717) is 27.3 Å². The van der Waals surface area contributed by atoms with Gasteiger partial charge in [0.15, 0.2) is 4.32 Å². The zero-order valence-electron chi connectivity index (χ0n) is 14.1. The minimum Gasteiger partial charge on any atom is -0.489 e. The Balaban J connectivity index is 1.93. The van der Waals surface area contributed by atoms with Gasteiger partial charge in [0, 0.05) is 5.56 Å². The molecule has 2 aromatic carbocycles. The van der Waals surface area contributed by atoms with Crippen molar-refractivity contribution >= 4 is 51.9 Å². The van der Waals surface area contributed by atoms with Gasteiger partial charge in [0.2, 0.25) is 0 Å². The Hall–Kier alpha value is -2.90. The van der Waals surface area contributed by atoms with E-state index in [1.54, 1.807) is 24.3 Å². The smallest absolute Gasteiger partial charge is 0.335 e. The van der Waals surface area contributed by atoms with Crippen LogP contribution in [0.3, 0.4) is 0 Å². The van der Waals surface area contributed by atoms with Gasteiger partial charge in [-0.15, -0.1) is 0 Å². The molecule has 0 radical (unpaired) electrons. The highest BCUT2D eigenvalue weighted by atomic mass is 32.2. The Morgan fingerprint density at radius 1 is 1.26 bits per heavy atom. The van der Waals surface area contributed by atoms with E-state index in [-0.39, 0.29) is 11.5 Å². The third-order valence-electron chi connectivity index (χ3n) is 3.71. The van der Waals surface area contributed by atoms with Crippen molar-refractivity contribution in [3.63, 3.8) is 0 Å². The Bertz CT molecular complexity index is 968. The molecule has 27 heavy (non-hydrogen) atoms. The van der Waals surface area contributed by atoms with Crippen molar-refractivity contribution in [3.8, 4) is 5.75 Å². The van der Waals surface area contributed by atoms with E-state index >= 15 is 0 Å². The highest BCUT2D eigenvalue weighted by Gasteiger charge is 2.33. The first-order valence-corrected chi connectivity index (χ1v) is 9.18. The third kappa shape index (κ3) is 4.10. The van der Waals surface area contributed by atoms with Gasteiger partial charge < -0.3 is 9.84 Å². The molecule has 7 heteroatoms. The molecule has 0 bridgehead atoms. The second-order valence-electron chi connectivity index (χ2n) is 5.51. The van der Waals surface area contributed by atoms with Crippen LogP contribution in [0.2, 0.25) is 0 Å². The quantitative estimate of drug-likeness (QED) is 0.444. The first-order valence-electron chi connectivity index (χ1n) is 7.95. The molecule has 2 aromatic rings. The van der Waals surface area contributed by atoms with Crippen LogP contribution in [0.25, 0.3) is 6.08 Å². The molecule has 0 unspecified atom stereocenters. The number of carboxylic acid groups (broad SMARTS) is 1. The number of thioether (sulfide) groups is 1. The Morgan fingerprint density at radius 2 is 2.04 bits per heavy atom. The number of carbonyl (C=O) groups is 2. The molecule has 3 rings (SSSR count). The van der Waals surface area contributed by atoms with Crippen molar-refractivity contribution in [1.82, 2.24) is 0 Å². The topological polar surface area (TPSA) is 66.8 Å². The standard InChI is InChI=1S/C20H15NO4S2/c1-2-10-25-16-9-4-3-6-13(16)12-17-18(22)21(20(26)27-17)15-8-5-7-14(11-15)19(23)24/h2-9,11-12H,1,10H2,(H,23,24)/b17-12-. The van der Waals surface area contributed by atoms with Crippen molar-refractivity contribution in [2.24, 2.45) is 0 Å². The van der Waals surface area contributed by atoms with Gasteiger partial charge in [0.1, 0.15) is 12.4 Å². The van der Waals surface area contributed by atoms with Gasteiger partial charge in [-0.1, -0.05) is 60.9 Å². The number of rotatable bonds is 6. The highest BCUT2D eigenvalue weighted by molar-refractivity contribution is 8.27. The van der Waals surface area contributed by atoms with E-state index in [4.69, 9.17) is 22.1 Å². The molecule has 1 aliphatic heterocycles. The molecule has 0 aromatic heterocycles. The number of carboxylic acids is 1. The molecule has 0 atom stereocenters. The third-order valence-corrected chi connectivity index (χ3v) is 5.01. The largest absolute Gasteiger partial charge is 0.489 e. The fourth-order valence-electron chi connectivity index (χ4n) is 2.49. The van der Waals surface area contributed by atoms with E-state index in [9.17, 15) is 9.59 Å². The number of hydrogen-bond donors (Lipinski definition) is 1. The molecule has 1 fully saturated rings. The normalized spacial score (nSPS) is 15.3. The van der Waals surface area contributed by atoms with Crippen LogP contribution >= 0.6 is 24.0 Å². The molecule has 1 heterocycles. The molecule has 5 nitrogen and oxygen atoms in total. The monoisotopic (exact) mass is 397 g/mol. The summed E-state index contributed by atoms with van der Waals surface area (Å²) in [5, 5.41) is 9.16. The van der Waals surface area contributed by atoms with Crippen molar-refractivity contribution in [3.05, 3.63) is 77.2 Å². The Morgan fingerprint density at radius 3 is 2.78 bits per heavy atom. The summed E-state index contributed by atoms with van der Waals surface area (Å²) in [5.41, 5.74) is 1.27. The minimum absolute atomic E-state index is 0.0914. The number of carbonyl (C=O) groups excluding carboxylic acids is 1. The number of aromatic carboxylic acids is 1. The van der Waals surface area contributed by atoms with E-state index in [0.717, 1.165) is 17.3 Å². The Kier molecular flexibility index (Phi) is 5.73. The number of anilines is 1. The second kappa shape index (κ2) is 8.20. The van der Waals surface area contributed by atoms with E-state index in [1.165, 1.54) is 17.0 Å². The van der Waals surface area contributed by atoms with Crippen LogP contribution in [0.5, 0.6) is 5.75 Å². The molecule has 136 valence electrons. The summed E-state index contributed by atoms with van der Waals surface area (Å²) in [6.07, 6.45) is 3.37. The fourth-order valence-corrected chi connectivity index (χ4v) is 3.78. The second-order valence-corrected chi connectivity index (χ2v) is 7.19. The lowest BCUT2D eigenvalue weighted by Gasteiger charge is -2.14. The predicted molar refractivity (Wildman–Crippen MR) is 111 cm³/mol. The number of amides is 1. The SMILES string of the molecule is C=CCOc1ccccc1/C=C1\SC(=S)N(c2cccc(C(=O)O)c2)C1=O. The Labute approximate surface area is 165 Å². The number of hydrogen-bond acceptors (Lipinski definition) is 5. The summed E-state index contributed by atoms with van der Waals surface area (Å²) in [6.45, 7) is 3.98. The maximum atomic E-state index is 12.9. The highest BCUT2D eigenvalue weighted by Crippen LogP contribution is 2.37. The lowest BCUT2D eigenvalue weighted by molar-refractivity contribution is -0.113. The summed E-state index contributed by atoms with van der Waals surface area (Å²) in [5.74, 6) is -0.729. The molecule has 0 saturated carbocycles. The molecule has 1 amide bonds. The predicted octanol–water partition coefficient (Wildman–Crippen LogP) is 4.36. The van der Waals surface area contributed by atoms with Crippen molar-refractivity contribution in [1.29, 1.82) is 0 Å². The van der Waals surface area contributed by atoms with Gasteiger partial charge >= 0.3 is 5.97 Å². The van der Waals surface area contributed by atoms with Crippen LogP contribution in [-0.2, 0) is 4.79 Å². The zero-order chi connectivity index (χ0) is 19.4. The van der Waals surface area contributed by atoms with Crippen molar-refractivity contribution < 1.29 is 19.4 Å². The number of ether oxygens (including phenoxy) is 1. The zero-order valence-corrected chi connectivity index (χ0v) is 15.8. The van der Waals surface area contributed by atoms with Crippen LogP contribution < -0.4 is 9.64 Å². The summed E-state index contributed by atoms with van der Waals surface area (Å²) >= 11 is 6.50. The average molecular weight is 397 g/mol. The van der Waals surface area contributed by atoms with Crippen LogP contribution in [0, 0.1) is 0 Å². The molecule has 0 aliphatic carbocycles. The van der Waals surface area contributed by atoms with Gasteiger partial charge in [0.25, 0.3) is 5.91 Å². The van der Waals surface area contributed by atoms with E-state index in [2.05, 4.69) is 6.58 Å². The van der Waals surface area contributed by atoms with E-state index < -0.39 is 5.97 Å². The lowest BCUT2D eigenvalue weighted by Crippen LogP contribution is -2.27. The van der Waals surface area contributed by atoms with Crippen molar-refractivity contribution in [2.75, 3.05) is 11.5 Å². The lowest BCUT2D eigenvalue weighted by atomic mass is 10.1. The maximum Gasteiger partial charge on any atom is 0.335 e. The van der Waals surface area contributed by atoms with Crippen molar-refractivity contribution in [2.45, 2.75) is 0 Å². The van der Waals surface area contributed by atoms with Gasteiger partial charge in [-0.3, -0.25) is 9.69 Å². The number of para-hydroxylation sites is 1. The van der Waals surface area contributed by atoms with E-state index in [1.807, 2.05) is 24.3 Å². The molecule has 1 aliphatic rings. The number of thiocarbonyl (C=S) groups is 1. The van der Waals surface area contributed by atoms with Gasteiger partial charge in [0.05, 0.1) is 16.2 Å². The summed E-state index contributed by atoms with van der Waals surface area (Å²) in [4.78, 5) is 25.8. The first kappa shape index (κ1) is 18.9. The van der Waals surface area contributed by atoms with Gasteiger partial charge in [-0.25, -0.2) is 4.79 Å². The number of nitrogens with zero attached hydrogens (tertiary/aromatic N) is 1. The molecule has 0 spiro atoms. The fraction of sp³-hybridized carbons (Fsp3) is 0.0500. The molecular formula is C20H15NO4S2. The maximum absolute atomic E-state index is 12.9. The average Bonchev–Trinajstić information content (AvgIpc) is 2.94. The molecule has 1 N–H and O–H groups in total. The summed E-state index contributed by atoms with van der Waals surface area (Å²) < 4.78 is 5.96. The van der Waals surface area contributed by atoms with Crippen LogP contribution in [-0.4, -0.2) is 27.9 Å². The van der Waals surface area contributed by atoms with Gasteiger partial charge in [-0.2, -0.15) is 0 Å². The van der Waals surface area contributed by atoms with Gasteiger partial charge in [-0.05, 0) is 30.3 Å². The summed E-state index contributed by atoms with van der Waals surface area (Å²) in [6, 6.07) is 13.5. The van der Waals surface area contributed by atoms with Crippen LogP contribution in [0.4, 0.5) is 5.69 Å². The number of benzene rings is 2. The minimum atomic E-state index is -1.06. The molecular weight excluding hydrogens is 382 g/mol. The van der Waals surface area contributed by atoms with Crippen LogP contribution in [0.15, 0.2) is 66.1 Å². The summed E-state index contributed by atoms with van der Waals surface area (Å²) in [7, 11) is 0.